The number of thioether (sulfide) groups is 1. The van der Waals surface area contributed by atoms with E-state index in [9.17, 15) is 4.79 Å². The molecule has 0 saturated heterocycles. The molecular weight excluding hydrogens is 258 g/mol. The van der Waals surface area contributed by atoms with Crippen molar-refractivity contribution in [2.45, 2.75) is 30.6 Å². The van der Waals surface area contributed by atoms with E-state index in [1.807, 2.05) is 11.8 Å². The van der Waals surface area contributed by atoms with Gasteiger partial charge in [0.2, 0.25) is 0 Å². The van der Waals surface area contributed by atoms with Crippen LogP contribution in [-0.4, -0.2) is 33.4 Å². The SMILES string of the molecule is CSC1CCC(NC(=O)c2cncc(Cl)n2)C1. The van der Waals surface area contributed by atoms with Crippen LogP contribution in [0.3, 0.4) is 0 Å². The first kappa shape index (κ1) is 12.6. The van der Waals surface area contributed by atoms with Crippen molar-refractivity contribution in [2.24, 2.45) is 0 Å². The molecule has 2 rings (SSSR count). The Morgan fingerprint density at radius 3 is 3.00 bits per heavy atom. The number of nitrogens with zero attached hydrogens (tertiary/aromatic N) is 2. The molecule has 0 aromatic carbocycles. The van der Waals surface area contributed by atoms with Gasteiger partial charge in [-0.15, -0.1) is 0 Å². The summed E-state index contributed by atoms with van der Waals surface area (Å²) in [5.74, 6) is -0.188. The monoisotopic (exact) mass is 271 g/mol. The summed E-state index contributed by atoms with van der Waals surface area (Å²) in [7, 11) is 0. The van der Waals surface area contributed by atoms with Crippen molar-refractivity contribution in [3.8, 4) is 0 Å². The van der Waals surface area contributed by atoms with Gasteiger partial charge in [-0.05, 0) is 25.5 Å². The number of amides is 1. The van der Waals surface area contributed by atoms with Crippen LogP contribution < -0.4 is 5.32 Å². The van der Waals surface area contributed by atoms with Crippen molar-refractivity contribution in [1.82, 2.24) is 15.3 Å². The zero-order valence-electron chi connectivity index (χ0n) is 9.52. The molecule has 1 heterocycles. The average molecular weight is 272 g/mol. The molecule has 2 atom stereocenters. The second kappa shape index (κ2) is 5.69. The molecule has 4 nitrogen and oxygen atoms in total. The van der Waals surface area contributed by atoms with Gasteiger partial charge in [0.15, 0.2) is 0 Å². The fourth-order valence-corrected chi connectivity index (χ4v) is 2.94. The summed E-state index contributed by atoms with van der Waals surface area (Å²) in [6.07, 6.45) is 8.18. The topological polar surface area (TPSA) is 54.9 Å². The highest BCUT2D eigenvalue weighted by Gasteiger charge is 2.25. The van der Waals surface area contributed by atoms with Crippen LogP contribution in [0.2, 0.25) is 5.15 Å². The molecule has 0 spiro atoms. The summed E-state index contributed by atoms with van der Waals surface area (Å²) in [5.41, 5.74) is 0.283. The summed E-state index contributed by atoms with van der Waals surface area (Å²) in [6, 6.07) is 0.251. The van der Waals surface area contributed by atoms with Gasteiger partial charge in [-0.25, -0.2) is 4.98 Å². The number of rotatable bonds is 3. The summed E-state index contributed by atoms with van der Waals surface area (Å²) < 4.78 is 0. The number of carbonyl (C=O) groups is 1. The predicted molar refractivity (Wildman–Crippen MR) is 69.5 cm³/mol. The smallest absolute Gasteiger partial charge is 0.271 e. The lowest BCUT2D eigenvalue weighted by molar-refractivity contribution is 0.0932. The molecule has 92 valence electrons. The molecule has 17 heavy (non-hydrogen) atoms. The Kier molecular flexibility index (Phi) is 4.23. The van der Waals surface area contributed by atoms with Gasteiger partial charge in [0.25, 0.3) is 5.91 Å². The molecular formula is C11H14ClN3OS. The van der Waals surface area contributed by atoms with Crippen molar-refractivity contribution in [3.05, 3.63) is 23.2 Å². The molecule has 1 saturated carbocycles. The molecule has 1 aliphatic carbocycles. The normalized spacial score (nSPS) is 23.6. The van der Waals surface area contributed by atoms with Crippen LogP contribution in [0.4, 0.5) is 0 Å². The number of halogens is 1. The molecule has 1 amide bonds. The molecule has 1 N–H and O–H groups in total. The van der Waals surface area contributed by atoms with Gasteiger partial charge in [-0.2, -0.15) is 11.8 Å². The molecule has 1 aromatic rings. The summed E-state index contributed by atoms with van der Waals surface area (Å²) in [4.78, 5) is 19.7. The quantitative estimate of drug-likeness (QED) is 0.915. The molecule has 0 radical (unpaired) electrons. The van der Waals surface area contributed by atoms with Crippen LogP contribution >= 0.6 is 23.4 Å². The Hall–Kier alpha value is -0.810. The Balaban J connectivity index is 1.94. The Morgan fingerprint density at radius 1 is 1.53 bits per heavy atom. The first-order valence-corrected chi connectivity index (χ1v) is 7.17. The highest BCUT2D eigenvalue weighted by molar-refractivity contribution is 7.99. The second-order valence-electron chi connectivity index (χ2n) is 4.07. The fraction of sp³-hybridized carbons (Fsp3) is 0.545. The van der Waals surface area contributed by atoms with Gasteiger partial charge in [-0.1, -0.05) is 11.6 Å². The Bertz CT molecular complexity index is 415. The third-order valence-electron chi connectivity index (χ3n) is 2.89. The molecule has 1 fully saturated rings. The number of aromatic nitrogens is 2. The van der Waals surface area contributed by atoms with Crippen LogP contribution in [-0.2, 0) is 0 Å². The van der Waals surface area contributed by atoms with Crippen molar-refractivity contribution in [2.75, 3.05) is 6.26 Å². The molecule has 0 aliphatic heterocycles. The van der Waals surface area contributed by atoms with E-state index in [1.54, 1.807) is 0 Å². The first-order chi connectivity index (χ1) is 8.19. The minimum atomic E-state index is -0.188. The molecule has 1 aromatic heterocycles. The Labute approximate surface area is 110 Å². The van der Waals surface area contributed by atoms with Crippen LogP contribution in [0.15, 0.2) is 12.4 Å². The predicted octanol–water partition coefficient (Wildman–Crippen LogP) is 2.14. The molecule has 2 unspecified atom stereocenters. The van der Waals surface area contributed by atoms with Gasteiger partial charge >= 0.3 is 0 Å². The molecule has 0 bridgehead atoms. The minimum absolute atomic E-state index is 0.188. The first-order valence-electron chi connectivity index (χ1n) is 5.50. The lowest BCUT2D eigenvalue weighted by Crippen LogP contribution is -2.33. The lowest BCUT2D eigenvalue weighted by atomic mass is 10.2. The van der Waals surface area contributed by atoms with E-state index in [1.165, 1.54) is 12.4 Å². The maximum Gasteiger partial charge on any atom is 0.271 e. The van der Waals surface area contributed by atoms with E-state index in [4.69, 9.17) is 11.6 Å². The van der Waals surface area contributed by atoms with E-state index >= 15 is 0 Å². The van der Waals surface area contributed by atoms with Gasteiger partial charge in [0.1, 0.15) is 10.8 Å². The fourth-order valence-electron chi connectivity index (χ4n) is 2.00. The zero-order valence-corrected chi connectivity index (χ0v) is 11.1. The number of hydrogen-bond acceptors (Lipinski definition) is 4. The van der Waals surface area contributed by atoms with Crippen molar-refractivity contribution in [1.29, 1.82) is 0 Å². The standard InChI is InChI=1S/C11H14ClN3OS/c1-17-8-3-2-7(4-8)14-11(16)9-5-13-6-10(12)15-9/h5-8H,2-4H2,1H3,(H,14,16). The number of carbonyl (C=O) groups excluding carboxylic acids is 1. The third kappa shape index (κ3) is 3.33. The number of hydrogen-bond donors (Lipinski definition) is 1. The molecule has 6 heteroatoms. The van der Waals surface area contributed by atoms with Gasteiger partial charge in [0, 0.05) is 11.3 Å². The highest BCUT2D eigenvalue weighted by atomic mass is 35.5. The van der Waals surface area contributed by atoms with E-state index < -0.39 is 0 Å². The van der Waals surface area contributed by atoms with Crippen molar-refractivity contribution >= 4 is 29.3 Å². The van der Waals surface area contributed by atoms with E-state index in [0.717, 1.165) is 19.3 Å². The summed E-state index contributed by atoms with van der Waals surface area (Å²) in [6.45, 7) is 0. The second-order valence-corrected chi connectivity index (χ2v) is 5.59. The van der Waals surface area contributed by atoms with Crippen LogP contribution in [0.5, 0.6) is 0 Å². The van der Waals surface area contributed by atoms with E-state index in [-0.39, 0.29) is 22.8 Å². The third-order valence-corrected chi connectivity index (χ3v) is 4.17. The van der Waals surface area contributed by atoms with Gasteiger partial charge in [0.05, 0.1) is 12.4 Å². The maximum absolute atomic E-state index is 11.9. The van der Waals surface area contributed by atoms with E-state index in [0.29, 0.717) is 5.25 Å². The molecule has 1 aliphatic rings. The zero-order chi connectivity index (χ0) is 12.3. The average Bonchev–Trinajstić information content (AvgIpc) is 2.77. The van der Waals surface area contributed by atoms with Crippen LogP contribution in [0, 0.1) is 0 Å². The summed E-state index contributed by atoms with van der Waals surface area (Å²) >= 11 is 7.56. The van der Waals surface area contributed by atoms with Gasteiger partial charge in [-0.3, -0.25) is 9.78 Å². The van der Waals surface area contributed by atoms with Crippen molar-refractivity contribution < 1.29 is 4.79 Å². The largest absolute Gasteiger partial charge is 0.348 e. The lowest BCUT2D eigenvalue weighted by Gasteiger charge is -2.12. The Morgan fingerprint density at radius 2 is 2.35 bits per heavy atom. The summed E-state index contributed by atoms with van der Waals surface area (Å²) in [5, 5.41) is 3.87. The van der Waals surface area contributed by atoms with E-state index in [2.05, 4.69) is 21.5 Å². The minimum Gasteiger partial charge on any atom is -0.348 e. The van der Waals surface area contributed by atoms with Gasteiger partial charge < -0.3 is 5.32 Å². The highest BCUT2D eigenvalue weighted by Crippen LogP contribution is 2.28. The van der Waals surface area contributed by atoms with Crippen molar-refractivity contribution in [3.63, 3.8) is 0 Å². The van der Waals surface area contributed by atoms with Crippen LogP contribution in [0.25, 0.3) is 0 Å². The van der Waals surface area contributed by atoms with Crippen LogP contribution in [0.1, 0.15) is 29.8 Å². The number of nitrogens with one attached hydrogen (secondary N) is 1. The maximum atomic E-state index is 11.9.